The van der Waals surface area contributed by atoms with Crippen LogP contribution in [0, 0.1) is 0 Å². The van der Waals surface area contributed by atoms with E-state index < -0.39 is 0 Å². The second-order valence-electron chi connectivity index (χ2n) is 6.45. The monoisotopic (exact) mass is 340 g/mol. The van der Waals surface area contributed by atoms with E-state index in [2.05, 4.69) is 40.7 Å². The van der Waals surface area contributed by atoms with Crippen LogP contribution in [0.4, 0.5) is 0 Å². The number of thioether (sulfide) groups is 1. The maximum atomic E-state index is 12.1. The number of hydrogen-bond acceptors (Lipinski definition) is 4. The lowest BCUT2D eigenvalue weighted by atomic mass is 9.84. The Balaban J connectivity index is 1.50. The van der Waals surface area contributed by atoms with Gasteiger partial charge in [0.1, 0.15) is 0 Å². The van der Waals surface area contributed by atoms with E-state index in [1.807, 2.05) is 6.92 Å². The third kappa shape index (κ3) is 2.43. The summed E-state index contributed by atoms with van der Waals surface area (Å²) in [6, 6.07) is 8.51. The first kappa shape index (κ1) is 15.7. The number of piperidine rings is 1. The van der Waals surface area contributed by atoms with Crippen LogP contribution in [0.2, 0.25) is 0 Å². The molecule has 1 aromatic rings. The average molecular weight is 340 g/mol. The number of hydrogen-bond donors (Lipinski definition) is 0. The van der Waals surface area contributed by atoms with Crippen LogP contribution < -0.4 is 0 Å². The van der Waals surface area contributed by atoms with Crippen molar-refractivity contribution >= 4 is 22.8 Å². The SMILES string of the molecule is C=CC(C)=C1SC(N2CCC3(CC2)OCc2ccccc23)=NC1=O. The van der Waals surface area contributed by atoms with Gasteiger partial charge in [0.2, 0.25) is 0 Å². The number of amidine groups is 1. The van der Waals surface area contributed by atoms with Gasteiger partial charge in [-0.15, -0.1) is 0 Å². The van der Waals surface area contributed by atoms with Crippen molar-refractivity contribution in [3.8, 4) is 0 Å². The van der Waals surface area contributed by atoms with Crippen molar-refractivity contribution in [2.24, 2.45) is 4.99 Å². The molecule has 1 saturated heterocycles. The zero-order chi connectivity index (χ0) is 16.7. The molecule has 24 heavy (non-hydrogen) atoms. The fourth-order valence-electron chi connectivity index (χ4n) is 3.63. The maximum Gasteiger partial charge on any atom is 0.286 e. The first-order valence-electron chi connectivity index (χ1n) is 8.24. The van der Waals surface area contributed by atoms with Crippen molar-refractivity contribution in [1.82, 2.24) is 4.90 Å². The van der Waals surface area contributed by atoms with Gasteiger partial charge in [-0.2, -0.15) is 4.99 Å². The summed E-state index contributed by atoms with van der Waals surface area (Å²) in [6.07, 6.45) is 3.57. The highest BCUT2D eigenvalue weighted by atomic mass is 32.2. The molecule has 0 aromatic heterocycles. The van der Waals surface area contributed by atoms with Crippen molar-refractivity contribution in [2.45, 2.75) is 32.0 Å². The fourth-order valence-corrected chi connectivity index (χ4v) is 4.63. The van der Waals surface area contributed by atoms with Crippen molar-refractivity contribution in [2.75, 3.05) is 13.1 Å². The lowest BCUT2D eigenvalue weighted by molar-refractivity contribution is -0.113. The first-order chi connectivity index (χ1) is 11.6. The Kier molecular flexibility index (Phi) is 3.85. The molecule has 3 aliphatic heterocycles. The summed E-state index contributed by atoms with van der Waals surface area (Å²) in [5, 5.41) is 0.817. The number of carbonyl (C=O) groups excluding carboxylic acids is 1. The Bertz CT molecular complexity index is 773. The minimum absolute atomic E-state index is 0.143. The molecule has 124 valence electrons. The molecule has 0 bridgehead atoms. The van der Waals surface area contributed by atoms with Crippen LogP contribution >= 0.6 is 11.8 Å². The molecule has 0 aliphatic carbocycles. The van der Waals surface area contributed by atoms with Gasteiger partial charge in [-0.1, -0.05) is 36.9 Å². The number of fused-ring (bicyclic) bond motifs is 2. The number of rotatable bonds is 1. The molecule has 0 saturated carbocycles. The highest BCUT2D eigenvalue weighted by Gasteiger charge is 2.43. The molecule has 1 fully saturated rings. The van der Waals surface area contributed by atoms with E-state index in [0.29, 0.717) is 11.5 Å². The Hall–Kier alpha value is -1.85. The van der Waals surface area contributed by atoms with Gasteiger partial charge < -0.3 is 9.64 Å². The van der Waals surface area contributed by atoms with Gasteiger partial charge in [-0.05, 0) is 48.2 Å². The van der Waals surface area contributed by atoms with Crippen molar-refractivity contribution in [3.05, 3.63) is 58.5 Å². The van der Waals surface area contributed by atoms with Crippen LogP contribution in [0.15, 0.2) is 52.4 Å². The Labute approximate surface area is 146 Å². The van der Waals surface area contributed by atoms with E-state index in [4.69, 9.17) is 4.74 Å². The lowest BCUT2D eigenvalue weighted by Crippen LogP contribution is -2.44. The smallest absolute Gasteiger partial charge is 0.286 e. The second kappa shape index (κ2) is 5.90. The summed E-state index contributed by atoms with van der Waals surface area (Å²) in [7, 11) is 0. The van der Waals surface area contributed by atoms with E-state index in [0.717, 1.165) is 36.7 Å². The molecule has 0 atom stereocenters. The molecule has 5 heteroatoms. The third-order valence-corrected chi connectivity index (χ3v) is 6.34. The number of allylic oxidation sites excluding steroid dienone is 2. The highest BCUT2D eigenvalue weighted by molar-refractivity contribution is 8.18. The van der Waals surface area contributed by atoms with E-state index in [1.165, 1.54) is 22.9 Å². The molecule has 3 heterocycles. The quantitative estimate of drug-likeness (QED) is 0.733. The molecule has 0 unspecified atom stereocenters. The number of nitrogens with zero attached hydrogens (tertiary/aromatic N) is 2. The van der Waals surface area contributed by atoms with E-state index >= 15 is 0 Å². The summed E-state index contributed by atoms with van der Waals surface area (Å²) in [5.74, 6) is -0.143. The van der Waals surface area contributed by atoms with Gasteiger partial charge in [0.15, 0.2) is 5.17 Å². The summed E-state index contributed by atoms with van der Waals surface area (Å²) in [4.78, 5) is 19.2. The number of ether oxygens (including phenoxy) is 1. The minimum Gasteiger partial charge on any atom is -0.365 e. The van der Waals surface area contributed by atoms with Crippen molar-refractivity contribution in [1.29, 1.82) is 0 Å². The normalized spacial score (nSPS) is 24.1. The predicted octanol–water partition coefficient (Wildman–Crippen LogP) is 3.60. The fraction of sp³-hybridized carbons (Fsp3) is 0.368. The van der Waals surface area contributed by atoms with E-state index in [-0.39, 0.29) is 11.5 Å². The molecule has 4 rings (SSSR count). The van der Waals surface area contributed by atoms with E-state index in [1.54, 1.807) is 6.08 Å². The molecule has 3 aliphatic rings. The molecule has 0 N–H and O–H groups in total. The van der Waals surface area contributed by atoms with Gasteiger partial charge in [0, 0.05) is 13.1 Å². The molecular formula is C19H20N2O2S. The highest BCUT2D eigenvalue weighted by Crippen LogP contribution is 2.45. The Morgan fingerprint density at radius 2 is 2.12 bits per heavy atom. The summed E-state index contributed by atoms with van der Waals surface area (Å²) >= 11 is 1.47. The average Bonchev–Trinajstić information content (AvgIpc) is 3.17. The standard InChI is InChI=1S/C19H20N2O2S/c1-3-13(2)16-17(22)20-18(24-16)21-10-8-19(9-11-21)15-7-5-4-6-14(15)12-23-19/h3-7H,1,8-12H2,2H3. The number of benzene rings is 1. The third-order valence-electron chi connectivity index (χ3n) is 5.10. The topological polar surface area (TPSA) is 41.9 Å². The largest absolute Gasteiger partial charge is 0.365 e. The maximum absolute atomic E-state index is 12.1. The van der Waals surface area contributed by atoms with Crippen LogP contribution in [-0.4, -0.2) is 29.1 Å². The van der Waals surface area contributed by atoms with Crippen molar-refractivity contribution < 1.29 is 9.53 Å². The molecule has 1 spiro atoms. The zero-order valence-corrected chi connectivity index (χ0v) is 14.6. The first-order valence-corrected chi connectivity index (χ1v) is 9.06. The summed E-state index contributed by atoms with van der Waals surface area (Å²) in [5.41, 5.74) is 3.38. The molecule has 4 nitrogen and oxygen atoms in total. The van der Waals surface area contributed by atoms with Crippen molar-refractivity contribution in [3.63, 3.8) is 0 Å². The predicted molar refractivity (Wildman–Crippen MR) is 96.6 cm³/mol. The second-order valence-corrected chi connectivity index (χ2v) is 7.42. The van der Waals surface area contributed by atoms with Gasteiger partial charge in [-0.3, -0.25) is 4.79 Å². The zero-order valence-electron chi connectivity index (χ0n) is 13.7. The number of carbonyl (C=O) groups is 1. The van der Waals surface area contributed by atoms with Crippen LogP contribution in [-0.2, 0) is 21.7 Å². The summed E-state index contributed by atoms with van der Waals surface area (Å²) in [6.45, 7) is 8.06. The lowest BCUT2D eigenvalue weighted by Gasteiger charge is -2.39. The van der Waals surface area contributed by atoms with Crippen LogP contribution in [0.25, 0.3) is 0 Å². The molecule has 1 amide bonds. The minimum atomic E-state index is -0.156. The number of likely N-dealkylation sites (tertiary alicyclic amines) is 1. The number of aliphatic imine (C=N–C) groups is 1. The van der Waals surface area contributed by atoms with E-state index in [9.17, 15) is 4.79 Å². The van der Waals surface area contributed by atoms with Gasteiger partial charge in [0.25, 0.3) is 5.91 Å². The Morgan fingerprint density at radius 1 is 1.38 bits per heavy atom. The molecule has 0 radical (unpaired) electrons. The molecular weight excluding hydrogens is 320 g/mol. The van der Waals surface area contributed by atoms with Crippen LogP contribution in [0.3, 0.4) is 0 Å². The van der Waals surface area contributed by atoms with Gasteiger partial charge in [-0.25, -0.2) is 0 Å². The summed E-state index contributed by atoms with van der Waals surface area (Å²) < 4.78 is 6.20. The van der Waals surface area contributed by atoms with Gasteiger partial charge in [0.05, 0.1) is 17.1 Å². The molecule has 1 aromatic carbocycles. The van der Waals surface area contributed by atoms with Crippen LogP contribution in [0.5, 0.6) is 0 Å². The Morgan fingerprint density at radius 3 is 2.88 bits per heavy atom. The van der Waals surface area contributed by atoms with Crippen LogP contribution in [0.1, 0.15) is 30.9 Å². The number of amides is 1. The van der Waals surface area contributed by atoms with Gasteiger partial charge >= 0.3 is 0 Å².